The molecule has 0 saturated carbocycles. The molecule has 0 aromatic heterocycles. The number of carbonyl (C=O) groups excluding carboxylic acids is 2. The highest BCUT2D eigenvalue weighted by molar-refractivity contribution is 6.04. The van der Waals surface area contributed by atoms with Gasteiger partial charge in [0.1, 0.15) is 5.84 Å². The van der Waals surface area contributed by atoms with Crippen molar-refractivity contribution >= 4 is 59.5 Å². The van der Waals surface area contributed by atoms with Gasteiger partial charge in [0.15, 0.2) is 12.2 Å². The molecule has 0 aliphatic carbocycles. The first-order valence-electron chi connectivity index (χ1n) is 8.59. The lowest BCUT2D eigenvalue weighted by Gasteiger charge is -2.34. The number of morpholine rings is 1. The Morgan fingerprint density at radius 1 is 1.23 bits per heavy atom. The van der Waals surface area contributed by atoms with Gasteiger partial charge in [-0.25, -0.2) is 0 Å². The number of halogens is 2. The lowest BCUT2D eigenvalue weighted by atomic mass is 10.1. The van der Waals surface area contributed by atoms with E-state index in [4.69, 9.17) is 21.6 Å². The van der Waals surface area contributed by atoms with Crippen molar-refractivity contribution in [2.45, 2.75) is 12.2 Å². The molecule has 2 atom stereocenters. The molecule has 162 valence electrons. The first-order chi connectivity index (χ1) is 13.4. The molecule has 2 amide bonds. The molecule has 9 nitrogen and oxygen atoms in total. The van der Waals surface area contributed by atoms with Crippen LogP contribution in [0, 0.1) is 5.41 Å². The quantitative estimate of drug-likeness (QED) is 0.258. The lowest BCUT2D eigenvalue weighted by molar-refractivity contribution is -0.150. The number of nitrogens with two attached hydrogens (primary N) is 2. The minimum absolute atomic E-state index is 0. The van der Waals surface area contributed by atoms with Crippen LogP contribution in [0.2, 0.25) is 0 Å². The SMILES string of the molecule is Cl.Cl.N=C(N)c1ccc(NC(=O)C(O)[C@H]2OCCN(c3cccc(N)c3)C2=O)cc1. The highest BCUT2D eigenvalue weighted by Crippen LogP contribution is 2.22. The number of amides is 2. The van der Waals surface area contributed by atoms with Crippen molar-refractivity contribution in [2.75, 3.05) is 29.1 Å². The summed E-state index contributed by atoms with van der Waals surface area (Å²) in [5.41, 5.74) is 13.1. The molecule has 0 spiro atoms. The van der Waals surface area contributed by atoms with E-state index < -0.39 is 24.0 Å². The van der Waals surface area contributed by atoms with Gasteiger partial charge in [0.25, 0.3) is 11.8 Å². The van der Waals surface area contributed by atoms with Crippen molar-refractivity contribution in [3.63, 3.8) is 0 Å². The molecule has 2 aromatic carbocycles. The fourth-order valence-electron chi connectivity index (χ4n) is 2.87. The number of aliphatic hydroxyl groups excluding tert-OH is 1. The monoisotopic (exact) mass is 455 g/mol. The van der Waals surface area contributed by atoms with Crippen LogP contribution in [0.25, 0.3) is 0 Å². The van der Waals surface area contributed by atoms with Gasteiger partial charge in [0, 0.05) is 29.2 Å². The third-order valence-electron chi connectivity index (χ3n) is 4.32. The van der Waals surface area contributed by atoms with Gasteiger partial charge >= 0.3 is 0 Å². The Morgan fingerprint density at radius 3 is 2.50 bits per heavy atom. The third kappa shape index (κ3) is 5.61. The maximum Gasteiger partial charge on any atom is 0.259 e. The van der Waals surface area contributed by atoms with E-state index in [1.54, 1.807) is 48.5 Å². The summed E-state index contributed by atoms with van der Waals surface area (Å²) in [5, 5.41) is 20.3. The molecular weight excluding hydrogens is 433 g/mol. The molecule has 1 heterocycles. The van der Waals surface area contributed by atoms with Crippen LogP contribution in [0.1, 0.15) is 5.56 Å². The zero-order valence-corrected chi connectivity index (χ0v) is 17.4. The second-order valence-electron chi connectivity index (χ2n) is 6.30. The van der Waals surface area contributed by atoms with Crippen molar-refractivity contribution < 1.29 is 19.4 Å². The minimum Gasteiger partial charge on any atom is -0.399 e. The van der Waals surface area contributed by atoms with E-state index in [1.807, 2.05) is 0 Å². The van der Waals surface area contributed by atoms with E-state index in [-0.39, 0.29) is 37.3 Å². The van der Waals surface area contributed by atoms with E-state index in [1.165, 1.54) is 4.90 Å². The molecule has 0 bridgehead atoms. The number of anilines is 3. The number of hydrogen-bond acceptors (Lipinski definition) is 6. The van der Waals surface area contributed by atoms with Crippen molar-refractivity contribution in [2.24, 2.45) is 5.73 Å². The Labute approximate surface area is 185 Å². The molecule has 1 fully saturated rings. The van der Waals surface area contributed by atoms with Gasteiger partial charge in [-0.2, -0.15) is 0 Å². The maximum atomic E-state index is 12.7. The normalized spacial score (nSPS) is 16.6. The number of amidine groups is 1. The summed E-state index contributed by atoms with van der Waals surface area (Å²) in [6.45, 7) is 0.461. The summed E-state index contributed by atoms with van der Waals surface area (Å²) in [5.74, 6) is -1.39. The molecule has 7 N–H and O–H groups in total. The second-order valence-corrected chi connectivity index (χ2v) is 6.30. The average molecular weight is 456 g/mol. The van der Waals surface area contributed by atoms with E-state index >= 15 is 0 Å². The number of benzene rings is 2. The molecule has 3 rings (SSSR count). The number of hydrogen-bond donors (Lipinski definition) is 5. The van der Waals surface area contributed by atoms with Crippen LogP contribution in [-0.4, -0.2) is 48.1 Å². The minimum atomic E-state index is -1.69. The molecule has 1 saturated heterocycles. The van der Waals surface area contributed by atoms with Crippen LogP contribution >= 0.6 is 24.8 Å². The molecule has 1 aliphatic heterocycles. The van der Waals surface area contributed by atoms with Crippen LogP contribution in [0.5, 0.6) is 0 Å². The maximum absolute atomic E-state index is 12.7. The fourth-order valence-corrected chi connectivity index (χ4v) is 2.87. The van der Waals surface area contributed by atoms with Crippen LogP contribution in [0.3, 0.4) is 0 Å². The summed E-state index contributed by atoms with van der Waals surface area (Å²) >= 11 is 0. The number of nitrogens with zero attached hydrogens (tertiary/aromatic N) is 1. The number of nitrogen functional groups attached to an aromatic ring is 2. The van der Waals surface area contributed by atoms with Gasteiger partial charge in [-0.1, -0.05) is 6.07 Å². The van der Waals surface area contributed by atoms with Crippen LogP contribution in [0.4, 0.5) is 17.1 Å². The summed E-state index contributed by atoms with van der Waals surface area (Å²) in [7, 11) is 0. The molecule has 1 aliphatic rings. The van der Waals surface area contributed by atoms with Crippen LogP contribution < -0.4 is 21.7 Å². The Bertz CT molecular complexity index is 910. The molecule has 30 heavy (non-hydrogen) atoms. The summed E-state index contributed by atoms with van der Waals surface area (Å²) in [6, 6.07) is 13.0. The Balaban J connectivity index is 0.00000225. The third-order valence-corrected chi connectivity index (χ3v) is 4.32. The van der Waals surface area contributed by atoms with Crippen LogP contribution in [0.15, 0.2) is 48.5 Å². The van der Waals surface area contributed by atoms with E-state index in [0.29, 0.717) is 29.2 Å². The predicted molar refractivity (Wildman–Crippen MR) is 120 cm³/mol. The predicted octanol–water partition coefficient (Wildman–Crippen LogP) is 1.13. The van der Waals surface area contributed by atoms with Gasteiger partial charge in [0.05, 0.1) is 6.61 Å². The van der Waals surface area contributed by atoms with E-state index in [0.717, 1.165) is 0 Å². The molecule has 11 heteroatoms. The van der Waals surface area contributed by atoms with Gasteiger partial charge in [0.2, 0.25) is 0 Å². The first kappa shape index (κ1) is 25.2. The Morgan fingerprint density at radius 2 is 1.90 bits per heavy atom. The lowest BCUT2D eigenvalue weighted by Crippen LogP contribution is -2.55. The number of nitrogens with one attached hydrogen (secondary N) is 2. The van der Waals surface area contributed by atoms with E-state index in [2.05, 4.69) is 5.32 Å². The number of rotatable bonds is 5. The smallest absolute Gasteiger partial charge is 0.259 e. The second kappa shape index (κ2) is 10.8. The van der Waals surface area contributed by atoms with Crippen molar-refractivity contribution in [1.29, 1.82) is 5.41 Å². The molecule has 1 unspecified atom stereocenters. The zero-order chi connectivity index (χ0) is 20.3. The molecule has 0 radical (unpaired) electrons. The standard InChI is InChI=1S/C19H21N5O4.2ClH/c20-12-2-1-3-14(10-12)24-8-9-28-16(19(24)27)15(25)18(26)23-13-6-4-11(5-7-13)17(21)22;;/h1-7,10,15-16,25H,8-9,20H2,(H3,21,22)(H,23,26);2*1H/t15?,16-;;/m1../s1. The van der Waals surface area contributed by atoms with Crippen molar-refractivity contribution in [3.8, 4) is 0 Å². The van der Waals surface area contributed by atoms with Gasteiger partial charge in [-0.3, -0.25) is 15.0 Å². The highest BCUT2D eigenvalue weighted by Gasteiger charge is 2.39. The molecule has 2 aromatic rings. The summed E-state index contributed by atoms with van der Waals surface area (Å²) < 4.78 is 5.37. The largest absolute Gasteiger partial charge is 0.399 e. The topological polar surface area (TPSA) is 155 Å². The highest BCUT2D eigenvalue weighted by atomic mass is 35.5. The van der Waals surface area contributed by atoms with Crippen LogP contribution in [-0.2, 0) is 14.3 Å². The zero-order valence-electron chi connectivity index (χ0n) is 15.8. The fraction of sp³-hybridized carbons (Fsp3) is 0.211. The van der Waals surface area contributed by atoms with Gasteiger partial charge in [-0.15, -0.1) is 24.8 Å². The van der Waals surface area contributed by atoms with Gasteiger partial charge < -0.3 is 31.5 Å². The van der Waals surface area contributed by atoms with E-state index in [9.17, 15) is 14.7 Å². The summed E-state index contributed by atoms with van der Waals surface area (Å²) in [6.07, 6.45) is -3.02. The Kier molecular flexibility index (Phi) is 9.06. The number of ether oxygens (including phenoxy) is 1. The Hall–Kier alpha value is -2.85. The summed E-state index contributed by atoms with van der Waals surface area (Å²) in [4.78, 5) is 26.5. The number of aliphatic hydroxyl groups is 1. The number of carbonyl (C=O) groups is 2. The van der Waals surface area contributed by atoms with Gasteiger partial charge in [-0.05, 0) is 42.5 Å². The first-order valence-corrected chi connectivity index (χ1v) is 8.59. The van der Waals surface area contributed by atoms with Crippen molar-refractivity contribution in [1.82, 2.24) is 0 Å². The van der Waals surface area contributed by atoms with Crippen molar-refractivity contribution in [3.05, 3.63) is 54.1 Å². The average Bonchev–Trinajstić information content (AvgIpc) is 2.68. The molecular formula is C19H23Cl2N5O4.